The molecule has 0 amide bonds. The van der Waals surface area contributed by atoms with E-state index in [2.05, 4.69) is 10.6 Å². The quantitative estimate of drug-likeness (QED) is 0.803. The maximum Gasteiger partial charge on any atom is 0.416 e. The van der Waals surface area contributed by atoms with E-state index < -0.39 is 22.6 Å². The Hall–Kier alpha value is -2.31. The van der Waals surface area contributed by atoms with E-state index in [4.69, 9.17) is 0 Å². The first kappa shape index (κ1) is 19.0. The lowest BCUT2D eigenvalue weighted by Gasteiger charge is -2.30. The Bertz CT molecular complexity index is 811. The second kappa shape index (κ2) is 6.54. The van der Waals surface area contributed by atoms with E-state index in [0.29, 0.717) is 5.56 Å². The molecule has 0 spiro atoms. The zero-order valence-electron chi connectivity index (χ0n) is 14.5. The van der Waals surface area contributed by atoms with Crippen molar-refractivity contribution >= 4 is 11.4 Å². The smallest absolute Gasteiger partial charge is 0.377 e. The summed E-state index contributed by atoms with van der Waals surface area (Å²) in [6.07, 6.45) is -4.38. The molecule has 0 saturated carbocycles. The van der Waals surface area contributed by atoms with Crippen molar-refractivity contribution in [2.24, 2.45) is 5.41 Å². The molecule has 2 N–H and O–H groups in total. The van der Waals surface area contributed by atoms with Crippen LogP contribution in [0, 0.1) is 5.41 Å². The molecule has 0 heterocycles. The van der Waals surface area contributed by atoms with Gasteiger partial charge in [-0.2, -0.15) is 13.2 Å². The third kappa shape index (κ3) is 4.21. The van der Waals surface area contributed by atoms with Crippen molar-refractivity contribution < 1.29 is 13.2 Å². The molecule has 7 heteroatoms. The molecule has 0 aromatic heterocycles. The van der Waals surface area contributed by atoms with Gasteiger partial charge in [-0.1, -0.05) is 32.9 Å². The van der Waals surface area contributed by atoms with E-state index in [1.807, 2.05) is 27.7 Å². The van der Waals surface area contributed by atoms with E-state index in [-0.39, 0.29) is 29.4 Å². The summed E-state index contributed by atoms with van der Waals surface area (Å²) in [7, 11) is 0. The number of hydrogen-bond acceptors (Lipinski definition) is 4. The zero-order chi connectivity index (χ0) is 19.0. The van der Waals surface area contributed by atoms with Gasteiger partial charge >= 0.3 is 6.18 Å². The van der Waals surface area contributed by atoms with Crippen molar-refractivity contribution in [1.29, 1.82) is 0 Å². The SMILES string of the molecule is CC(Nc1c(NCc2ccc(C(F)(F)F)cc2)c(=O)c1=O)C(C)(C)C. The molecule has 2 aromatic carbocycles. The van der Waals surface area contributed by atoms with Gasteiger partial charge in [-0.25, -0.2) is 0 Å². The van der Waals surface area contributed by atoms with Gasteiger partial charge in [0.1, 0.15) is 11.4 Å². The van der Waals surface area contributed by atoms with Crippen LogP contribution in [0.25, 0.3) is 0 Å². The van der Waals surface area contributed by atoms with Crippen LogP contribution < -0.4 is 21.5 Å². The highest BCUT2D eigenvalue weighted by Gasteiger charge is 2.30. The molecular weight excluding hydrogens is 333 g/mol. The van der Waals surface area contributed by atoms with Crippen LogP contribution in [0.4, 0.5) is 24.5 Å². The lowest BCUT2D eigenvalue weighted by molar-refractivity contribution is -0.137. The normalized spacial score (nSPS) is 13.7. The van der Waals surface area contributed by atoms with Crippen molar-refractivity contribution in [1.82, 2.24) is 0 Å². The highest BCUT2D eigenvalue weighted by Crippen LogP contribution is 2.29. The second-order valence-corrected chi connectivity index (χ2v) is 7.19. The maximum atomic E-state index is 12.5. The van der Waals surface area contributed by atoms with Gasteiger partial charge in [0.05, 0.1) is 5.56 Å². The molecule has 136 valence electrons. The van der Waals surface area contributed by atoms with Gasteiger partial charge in [-0.15, -0.1) is 0 Å². The Labute approximate surface area is 143 Å². The lowest BCUT2D eigenvalue weighted by Crippen LogP contribution is -2.41. The van der Waals surface area contributed by atoms with Crippen molar-refractivity contribution in [3.63, 3.8) is 0 Å². The van der Waals surface area contributed by atoms with E-state index in [1.54, 1.807) is 0 Å². The maximum absolute atomic E-state index is 12.5. The highest BCUT2D eigenvalue weighted by atomic mass is 19.4. The van der Waals surface area contributed by atoms with E-state index in [1.165, 1.54) is 12.1 Å². The molecule has 2 aromatic rings. The zero-order valence-corrected chi connectivity index (χ0v) is 14.5. The summed E-state index contributed by atoms with van der Waals surface area (Å²) in [5, 5.41) is 5.90. The van der Waals surface area contributed by atoms with Crippen LogP contribution in [-0.2, 0) is 12.7 Å². The number of anilines is 2. The number of hydrogen-bond donors (Lipinski definition) is 2. The lowest BCUT2D eigenvalue weighted by atomic mass is 9.87. The van der Waals surface area contributed by atoms with Gasteiger partial charge in [-0.3, -0.25) is 9.59 Å². The monoisotopic (exact) mass is 354 g/mol. The van der Waals surface area contributed by atoms with Gasteiger partial charge in [0, 0.05) is 12.6 Å². The number of alkyl halides is 3. The fourth-order valence-corrected chi connectivity index (χ4v) is 2.13. The molecule has 1 unspecified atom stereocenters. The molecule has 0 aliphatic rings. The molecule has 2 rings (SSSR count). The minimum absolute atomic E-state index is 0.0394. The molecule has 0 radical (unpaired) electrons. The summed E-state index contributed by atoms with van der Waals surface area (Å²) in [5.74, 6) is 0. The van der Waals surface area contributed by atoms with Crippen LogP contribution in [0.3, 0.4) is 0 Å². The standard InChI is InChI=1S/C18H21F3N2O2/c1-10(17(2,3)4)23-14-13(15(24)16(14)25)22-9-11-5-7-12(8-6-11)18(19,20)21/h5-8,10,22-23H,9H2,1-4H3. The number of rotatable bonds is 5. The fraction of sp³-hybridized carbons (Fsp3) is 0.444. The molecule has 0 saturated heterocycles. The van der Waals surface area contributed by atoms with Crippen molar-refractivity contribution in [3.8, 4) is 0 Å². The first-order valence-corrected chi connectivity index (χ1v) is 7.91. The van der Waals surface area contributed by atoms with Crippen LogP contribution >= 0.6 is 0 Å². The van der Waals surface area contributed by atoms with Crippen molar-refractivity contribution in [2.45, 2.75) is 46.5 Å². The Balaban J connectivity index is 2.08. The first-order valence-electron chi connectivity index (χ1n) is 7.91. The number of nitrogens with one attached hydrogen (secondary N) is 2. The van der Waals surface area contributed by atoms with E-state index in [9.17, 15) is 22.8 Å². The van der Waals surface area contributed by atoms with Gasteiger partial charge in [0.25, 0.3) is 10.9 Å². The van der Waals surface area contributed by atoms with Gasteiger partial charge < -0.3 is 10.6 Å². The Morgan fingerprint density at radius 3 is 1.96 bits per heavy atom. The van der Waals surface area contributed by atoms with Crippen molar-refractivity contribution in [3.05, 3.63) is 55.8 Å². The third-order valence-corrected chi connectivity index (χ3v) is 4.32. The molecule has 1 atom stereocenters. The molecule has 0 aliphatic heterocycles. The molecule has 0 bridgehead atoms. The largest absolute Gasteiger partial charge is 0.416 e. The molecular formula is C18H21F3N2O2. The third-order valence-electron chi connectivity index (χ3n) is 4.32. The van der Waals surface area contributed by atoms with Crippen LogP contribution in [0.2, 0.25) is 0 Å². The highest BCUT2D eigenvalue weighted by molar-refractivity contribution is 5.74. The predicted molar refractivity (Wildman–Crippen MR) is 92.7 cm³/mol. The van der Waals surface area contributed by atoms with Crippen molar-refractivity contribution in [2.75, 3.05) is 10.6 Å². The molecule has 4 nitrogen and oxygen atoms in total. The topological polar surface area (TPSA) is 58.2 Å². The minimum atomic E-state index is -4.38. The summed E-state index contributed by atoms with van der Waals surface area (Å²) in [6.45, 7) is 8.08. The minimum Gasteiger partial charge on any atom is -0.377 e. The van der Waals surface area contributed by atoms with Crippen LogP contribution in [0.1, 0.15) is 38.8 Å². The summed E-state index contributed by atoms with van der Waals surface area (Å²) in [4.78, 5) is 23.5. The predicted octanol–water partition coefficient (Wildman–Crippen LogP) is 3.76. The first-order chi connectivity index (χ1) is 11.4. The Kier molecular flexibility index (Phi) is 4.97. The summed E-state index contributed by atoms with van der Waals surface area (Å²) in [6, 6.07) is 4.61. The Morgan fingerprint density at radius 2 is 1.48 bits per heavy atom. The van der Waals surface area contributed by atoms with E-state index in [0.717, 1.165) is 12.1 Å². The average Bonchev–Trinajstić information content (AvgIpc) is 2.52. The van der Waals surface area contributed by atoms with Gasteiger partial charge in [-0.05, 0) is 30.0 Å². The molecule has 25 heavy (non-hydrogen) atoms. The molecule has 0 aliphatic carbocycles. The van der Waals surface area contributed by atoms with Crippen LogP contribution in [-0.4, -0.2) is 6.04 Å². The van der Waals surface area contributed by atoms with Crippen LogP contribution in [0.5, 0.6) is 0 Å². The number of benzene rings is 1. The fourth-order valence-electron chi connectivity index (χ4n) is 2.13. The summed E-state index contributed by atoms with van der Waals surface area (Å²) in [5.41, 5.74) is -1.03. The summed E-state index contributed by atoms with van der Waals surface area (Å²) >= 11 is 0. The second-order valence-electron chi connectivity index (χ2n) is 7.19. The average molecular weight is 354 g/mol. The van der Waals surface area contributed by atoms with E-state index >= 15 is 0 Å². The van der Waals surface area contributed by atoms with Gasteiger partial charge in [0.2, 0.25) is 0 Å². The van der Waals surface area contributed by atoms with Gasteiger partial charge in [0.15, 0.2) is 0 Å². The van der Waals surface area contributed by atoms with Crippen LogP contribution in [0.15, 0.2) is 33.9 Å². The molecule has 0 fully saturated rings. The Morgan fingerprint density at radius 1 is 0.960 bits per heavy atom. The number of halogens is 3. The summed E-state index contributed by atoms with van der Waals surface area (Å²) < 4.78 is 37.6.